The third-order valence-electron chi connectivity index (χ3n) is 6.50. The van der Waals surface area contributed by atoms with Gasteiger partial charge in [0.1, 0.15) is 5.75 Å². The maximum atomic E-state index is 13.6. The number of hydrogen-bond acceptors (Lipinski definition) is 6. The number of carbonyl (C=O) groups excluding carboxylic acids is 2. The number of hydrogen-bond donors (Lipinski definition) is 0. The van der Waals surface area contributed by atoms with E-state index in [1.54, 1.807) is 12.1 Å². The van der Waals surface area contributed by atoms with Crippen molar-refractivity contribution in [1.82, 2.24) is 9.91 Å². The number of esters is 1. The number of aryl methyl sites for hydroxylation is 1. The minimum atomic E-state index is -0.246. The fraction of sp³-hybridized carbons (Fsp3) is 0.444. The summed E-state index contributed by atoms with van der Waals surface area (Å²) >= 11 is 0. The first kappa shape index (κ1) is 24.0. The maximum Gasteiger partial charge on any atom is 0.310 e. The molecular formula is C27H33N3O4. The molecule has 2 aromatic rings. The zero-order chi connectivity index (χ0) is 24.1. The third kappa shape index (κ3) is 5.30. The highest BCUT2D eigenvalue weighted by atomic mass is 16.5. The van der Waals surface area contributed by atoms with Gasteiger partial charge in [-0.3, -0.25) is 14.5 Å². The summed E-state index contributed by atoms with van der Waals surface area (Å²) in [5, 5.41) is 6.42. The van der Waals surface area contributed by atoms with E-state index >= 15 is 0 Å². The Kier molecular flexibility index (Phi) is 7.63. The molecule has 7 heteroatoms. The van der Waals surface area contributed by atoms with Gasteiger partial charge in [0.15, 0.2) is 0 Å². The molecule has 2 atom stereocenters. The highest BCUT2D eigenvalue weighted by molar-refractivity contribution is 6.03. The Morgan fingerprint density at radius 1 is 1.15 bits per heavy atom. The highest BCUT2D eigenvalue weighted by Crippen LogP contribution is 2.37. The number of methoxy groups -OCH3 is 1. The van der Waals surface area contributed by atoms with Gasteiger partial charge < -0.3 is 9.47 Å². The molecule has 7 nitrogen and oxygen atoms in total. The van der Waals surface area contributed by atoms with Crippen LogP contribution in [0.1, 0.15) is 48.9 Å². The molecule has 0 radical (unpaired) electrons. The quantitative estimate of drug-likeness (QED) is 0.582. The van der Waals surface area contributed by atoms with E-state index in [1.807, 2.05) is 48.2 Å². The summed E-state index contributed by atoms with van der Waals surface area (Å²) in [7, 11) is 1.64. The Balaban J connectivity index is 1.57. The van der Waals surface area contributed by atoms with Gasteiger partial charge >= 0.3 is 5.97 Å². The molecule has 0 N–H and O–H groups in total. The van der Waals surface area contributed by atoms with Crippen molar-refractivity contribution in [2.75, 3.05) is 33.4 Å². The first-order chi connectivity index (χ1) is 16.5. The summed E-state index contributed by atoms with van der Waals surface area (Å²) in [6.07, 6.45) is 2.28. The van der Waals surface area contributed by atoms with Crippen molar-refractivity contribution in [2.24, 2.45) is 11.0 Å². The minimum Gasteiger partial charge on any atom is -0.496 e. The summed E-state index contributed by atoms with van der Waals surface area (Å²) in [4.78, 5) is 27.9. The fourth-order valence-corrected chi connectivity index (χ4v) is 4.84. The molecule has 1 fully saturated rings. The van der Waals surface area contributed by atoms with E-state index in [2.05, 4.69) is 19.1 Å². The molecule has 0 bridgehead atoms. The van der Waals surface area contributed by atoms with Gasteiger partial charge in [-0.25, -0.2) is 5.01 Å². The summed E-state index contributed by atoms with van der Waals surface area (Å²) < 4.78 is 10.8. The van der Waals surface area contributed by atoms with Gasteiger partial charge in [-0.15, -0.1) is 0 Å². The molecule has 2 aliphatic heterocycles. The lowest BCUT2D eigenvalue weighted by molar-refractivity contribution is -0.150. The highest BCUT2D eigenvalue weighted by Gasteiger charge is 2.36. The normalized spacial score (nSPS) is 20.7. The molecule has 2 heterocycles. The third-order valence-corrected chi connectivity index (χ3v) is 6.50. The van der Waals surface area contributed by atoms with Crippen molar-refractivity contribution < 1.29 is 19.1 Å². The Hall–Kier alpha value is -3.19. The first-order valence-corrected chi connectivity index (χ1v) is 12.0. The smallest absolute Gasteiger partial charge is 0.310 e. The topological polar surface area (TPSA) is 71.4 Å². The molecule has 0 aromatic heterocycles. The lowest BCUT2D eigenvalue weighted by Gasteiger charge is -2.32. The van der Waals surface area contributed by atoms with Crippen LogP contribution in [0.4, 0.5) is 0 Å². The maximum absolute atomic E-state index is 13.6. The summed E-state index contributed by atoms with van der Waals surface area (Å²) in [5.41, 5.74) is 4.00. The predicted octanol–water partition coefficient (Wildman–Crippen LogP) is 3.96. The monoisotopic (exact) mass is 463 g/mol. The largest absolute Gasteiger partial charge is 0.496 e. The van der Waals surface area contributed by atoms with Crippen molar-refractivity contribution >= 4 is 17.6 Å². The molecule has 2 aromatic carbocycles. The van der Waals surface area contributed by atoms with Crippen molar-refractivity contribution in [3.8, 4) is 5.75 Å². The van der Waals surface area contributed by atoms with Gasteiger partial charge in [0.05, 0.1) is 37.9 Å². The van der Waals surface area contributed by atoms with E-state index in [-0.39, 0.29) is 30.4 Å². The van der Waals surface area contributed by atoms with Crippen LogP contribution in [0.15, 0.2) is 53.6 Å². The second-order valence-corrected chi connectivity index (χ2v) is 8.94. The van der Waals surface area contributed by atoms with Crippen LogP contribution in [-0.2, 0) is 14.3 Å². The van der Waals surface area contributed by atoms with Crippen LogP contribution >= 0.6 is 0 Å². The summed E-state index contributed by atoms with van der Waals surface area (Å²) in [6, 6.07) is 15.7. The van der Waals surface area contributed by atoms with Crippen LogP contribution in [0.25, 0.3) is 0 Å². The van der Waals surface area contributed by atoms with E-state index in [0.717, 1.165) is 47.5 Å². The number of likely N-dealkylation sites (tertiary alicyclic amines) is 1. The minimum absolute atomic E-state index is 0.0805. The Morgan fingerprint density at radius 3 is 2.74 bits per heavy atom. The van der Waals surface area contributed by atoms with Gasteiger partial charge in [0, 0.05) is 18.5 Å². The number of carbonyl (C=O) groups is 2. The Morgan fingerprint density at radius 2 is 1.97 bits per heavy atom. The van der Waals surface area contributed by atoms with Crippen molar-refractivity contribution in [3.05, 3.63) is 65.2 Å². The van der Waals surface area contributed by atoms with Crippen molar-refractivity contribution in [2.45, 2.75) is 39.2 Å². The molecule has 1 saturated heterocycles. The summed E-state index contributed by atoms with van der Waals surface area (Å²) in [6.45, 7) is 5.77. The molecule has 2 unspecified atom stereocenters. The zero-order valence-electron chi connectivity index (χ0n) is 20.2. The first-order valence-electron chi connectivity index (χ1n) is 12.0. The second kappa shape index (κ2) is 10.8. The van der Waals surface area contributed by atoms with E-state index in [9.17, 15) is 9.59 Å². The van der Waals surface area contributed by atoms with Crippen LogP contribution in [0.5, 0.6) is 5.75 Å². The molecule has 0 saturated carbocycles. The lowest BCUT2D eigenvalue weighted by atomic mass is 9.96. The standard InChI is InChI=1S/C27H33N3O4/c1-4-34-27(32)21-11-8-14-29(17-21)18-26(31)30-24(22-12-5-6-13-25(22)33-3)16-23(28-30)20-10-7-9-19(2)15-20/h5-7,9-10,12-13,15,21,24H,4,8,11,14,16-18H2,1-3H3. The SMILES string of the molecule is CCOC(=O)C1CCCN(CC(=O)N2N=C(c3cccc(C)c3)CC2c2ccccc2OC)C1. The van der Waals surface area contributed by atoms with E-state index in [4.69, 9.17) is 14.6 Å². The van der Waals surface area contributed by atoms with E-state index in [0.29, 0.717) is 19.6 Å². The molecule has 180 valence electrons. The molecule has 34 heavy (non-hydrogen) atoms. The van der Waals surface area contributed by atoms with Crippen LogP contribution in [0, 0.1) is 12.8 Å². The van der Waals surface area contributed by atoms with Crippen LogP contribution < -0.4 is 4.74 Å². The number of para-hydroxylation sites is 1. The van der Waals surface area contributed by atoms with Gasteiger partial charge in [-0.2, -0.15) is 5.10 Å². The predicted molar refractivity (Wildman–Crippen MR) is 131 cm³/mol. The van der Waals surface area contributed by atoms with Crippen LogP contribution in [0.2, 0.25) is 0 Å². The second-order valence-electron chi connectivity index (χ2n) is 8.94. The molecule has 4 rings (SSSR count). The molecule has 2 aliphatic rings. The van der Waals surface area contributed by atoms with Crippen LogP contribution in [0.3, 0.4) is 0 Å². The van der Waals surface area contributed by atoms with Crippen LogP contribution in [-0.4, -0.2) is 60.8 Å². The number of rotatable bonds is 7. The summed E-state index contributed by atoms with van der Waals surface area (Å²) in [5.74, 6) is 0.304. The van der Waals surface area contributed by atoms with Gasteiger partial charge in [-0.1, -0.05) is 48.0 Å². The Labute approximate surface area is 201 Å². The molecule has 0 spiro atoms. The zero-order valence-corrected chi connectivity index (χ0v) is 20.2. The van der Waals surface area contributed by atoms with Gasteiger partial charge in [-0.05, 0) is 44.9 Å². The Bertz CT molecular complexity index is 1070. The lowest BCUT2D eigenvalue weighted by Crippen LogP contribution is -2.44. The molecule has 1 amide bonds. The average molecular weight is 464 g/mol. The number of nitrogens with zero attached hydrogens (tertiary/aromatic N) is 3. The van der Waals surface area contributed by atoms with Crippen molar-refractivity contribution in [3.63, 3.8) is 0 Å². The van der Waals surface area contributed by atoms with Crippen molar-refractivity contribution in [1.29, 1.82) is 0 Å². The number of ether oxygens (including phenoxy) is 2. The average Bonchev–Trinajstić information content (AvgIpc) is 3.30. The van der Waals surface area contributed by atoms with Gasteiger partial charge in [0.2, 0.25) is 0 Å². The van der Waals surface area contributed by atoms with Gasteiger partial charge in [0.25, 0.3) is 5.91 Å². The molecule has 0 aliphatic carbocycles. The van der Waals surface area contributed by atoms with E-state index in [1.165, 1.54) is 0 Å². The number of piperidine rings is 1. The molecular weight excluding hydrogens is 430 g/mol. The fourth-order valence-electron chi connectivity index (χ4n) is 4.84. The number of amides is 1. The number of benzene rings is 2. The number of hydrazone groups is 1. The van der Waals surface area contributed by atoms with E-state index < -0.39 is 0 Å².